The summed E-state index contributed by atoms with van der Waals surface area (Å²) < 4.78 is 40.1. The second-order valence-corrected chi connectivity index (χ2v) is 4.44. The van der Waals surface area contributed by atoms with Crippen LogP contribution in [0, 0.1) is 0 Å². The Bertz CT molecular complexity index is 453. The summed E-state index contributed by atoms with van der Waals surface area (Å²) in [7, 11) is 0. The predicted molar refractivity (Wildman–Crippen MR) is 63.1 cm³/mol. The highest BCUT2D eigenvalue weighted by Crippen LogP contribution is 2.24. The second kappa shape index (κ2) is 5.61. The molecule has 1 unspecified atom stereocenters. The number of alkyl halides is 3. The summed E-state index contributed by atoms with van der Waals surface area (Å²) >= 11 is 0. The van der Waals surface area contributed by atoms with Crippen molar-refractivity contribution in [1.29, 1.82) is 0 Å². The lowest BCUT2D eigenvalue weighted by atomic mass is 9.96. The monoisotopic (exact) mass is 273 g/mol. The third kappa shape index (κ3) is 3.96. The van der Waals surface area contributed by atoms with Crippen molar-refractivity contribution in [3.05, 3.63) is 29.8 Å². The van der Waals surface area contributed by atoms with Crippen molar-refractivity contribution in [3.63, 3.8) is 0 Å². The number of hydrogen-bond acceptors (Lipinski definition) is 3. The quantitative estimate of drug-likeness (QED) is 0.860. The minimum absolute atomic E-state index is 0.188. The smallest absolute Gasteiger partial charge is 0.406 e. The van der Waals surface area contributed by atoms with Crippen molar-refractivity contribution in [2.24, 2.45) is 0 Å². The van der Waals surface area contributed by atoms with Gasteiger partial charge in [0.15, 0.2) is 5.78 Å². The van der Waals surface area contributed by atoms with Gasteiger partial charge in [-0.1, -0.05) is 18.6 Å². The molecular formula is C13H14F3NO2. The number of carbonyl (C=O) groups excluding carboxylic acids is 1. The van der Waals surface area contributed by atoms with Gasteiger partial charge in [0.25, 0.3) is 0 Å². The molecule has 1 atom stereocenters. The van der Waals surface area contributed by atoms with E-state index < -0.39 is 6.36 Å². The highest BCUT2D eigenvalue weighted by atomic mass is 19.4. The third-order valence-corrected chi connectivity index (χ3v) is 2.98. The van der Waals surface area contributed by atoms with Crippen molar-refractivity contribution in [2.45, 2.75) is 31.7 Å². The largest absolute Gasteiger partial charge is 0.573 e. The summed E-state index contributed by atoms with van der Waals surface area (Å²) in [5.74, 6) is -0.554. The number of nitrogens with one attached hydrogen (secondary N) is 1. The Labute approximate surface area is 108 Å². The van der Waals surface area contributed by atoms with Gasteiger partial charge in [0.05, 0.1) is 6.04 Å². The Balaban J connectivity index is 2.11. The van der Waals surface area contributed by atoms with Crippen molar-refractivity contribution >= 4 is 5.78 Å². The van der Waals surface area contributed by atoms with Crippen LogP contribution in [0.5, 0.6) is 5.75 Å². The Kier molecular flexibility index (Phi) is 4.09. The summed E-state index contributed by atoms with van der Waals surface area (Å²) in [5.41, 5.74) is 0.237. The minimum Gasteiger partial charge on any atom is -0.406 e. The summed E-state index contributed by atoms with van der Waals surface area (Å²) in [5, 5.41) is 3.07. The van der Waals surface area contributed by atoms with Gasteiger partial charge in [0.1, 0.15) is 5.75 Å². The molecule has 1 N–H and O–H groups in total. The first-order valence-corrected chi connectivity index (χ1v) is 6.09. The number of piperidine rings is 1. The van der Waals surface area contributed by atoms with Crippen LogP contribution in [0.25, 0.3) is 0 Å². The Morgan fingerprint density at radius 3 is 2.74 bits per heavy atom. The molecule has 1 aliphatic heterocycles. The average Bonchev–Trinajstić information content (AvgIpc) is 2.37. The molecule has 0 spiro atoms. The van der Waals surface area contributed by atoms with E-state index in [2.05, 4.69) is 10.1 Å². The van der Waals surface area contributed by atoms with Crippen LogP contribution in [0.4, 0.5) is 13.2 Å². The lowest BCUT2D eigenvalue weighted by Gasteiger charge is -2.22. The maximum absolute atomic E-state index is 12.1. The molecule has 0 aliphatic carbocycles. The molecule has 3 nitrogen and oxygen atoms in total. The van der Waals surface area contributed by atoms with Crippen LogP contribution in [0.2, 0.25) is 0 Å². The molecule has 1 fully saturated rings. The van der Waals surface area contributed by atoms with Crippen molar-refractivity contribution in [2.75, 3.05) is 6.54 Å². The van der Waals surface area contributed by atoms with Gasteiger partial charge in [0.2, 0.25) is 0 Å². The molecule has 1 heterocycles. The van der Waals surface area contributed by atoms with Crippen LogP contribution >= 0.6 is 0 Å². The lowest BCUT2D eigenvalue weighted by molar-refractivity contribution is -0.274. The van der Waals surface area contributed by atoms with Gasteiger partial charge < -0.3 is 10.1 Å². The number of benzene rings is 1. The molecule has 6 heteroatoms. The van der Waals surface area contributed by atoms with Crippen molar-refractivity contribution in [1.82, 2.24) is 5.32 Å². The van der Waals surface area contributed by atoms with E-state index in [9.17, 15) is 18.0 Å². The fraction of sp³-hybridized carbons (Fsp3) is 0.462. The molecule has 1 aliphatic rings. The van der Waals surface area contributed by atoms with Crippen molar-refractivity contribution < 1.29 is 22.7 Å². The maximum atomic E-state index is 12.1. The van der Waals surface area contributed by atoms with Gasteiger partial charge in [-0.05, 0) is 31.5 Å². The summed E-state index contributed by atoms with van der Waals surface area (Å²) in [4.78, 5) is 12.1. The van der Waals surface area contributed by atoms with E-state index in [1.165, 1.54) is 18.2 Å². The highest BCUT2D eigenvalue weighted by Gasteiger charge is 2.31. The van der Waals surface area contributed by atoms with E-state index in [4.69, 9.17) is 0 Å². The first-order valence-electron chi connectivity index (χ1n) is 6.09. The van der Waals surface area contributed by atoms with Crippen molar-refractivity contribution in [3.8, 4) is 5.75 Å². The van der Waals surface area contributed by atoms with Crippen LogP contribution in [-0.4, -0.2) is 24.7 Å². The second-order valence-electron chi connectivity index (χ2n) is 4.44. The Morgan fingerprint density at radius 1 is 1.32 bits per heavy atom. The lowest BCUT2D eigenvalue weighted by Crippen LogP contribution is -2.40. The SMILES string of the molecule is O=C(c1cccc(OC(F)(F)F)c1)C1CCCCN1. The molecule has 0 bridgehead atoms. The average molecular weight is 273 g/mol. The topological polar surface area (TPSA) is 38.3 Å². The minimum atomic E-state index is -4.75. The zero-order chi connectivity index (χ0) is 13.9. The van der Waals surface area contributed by atoms with Crippen LogP contribution in [0.1, 0.15) is 29.6 Å². The van der Waals surface area contributed by atoms with Gasteiger partial charge in [-0.15, -0.1) is 13.2 Å². The number of rotatable bonds is 3. The Morgan fingerprint density at radius 2 is 2.11 bits per heavy atom. The number of carbonyl (C=O) groups is 1. The summed E-state index contributed by atoms with van der Waals surface area (Å²) in [6, 6.07) is 4.89. The molecule has 1 aromatic carbocycles. The Hall–Kier alpha value is -1.56. The maximum Gasteiger partial charge on any atom is 0.573 e. The van der Waals surface area contributed by atoms with Crippen LogP contribution < -0.4 is 10.1 Å². The molecule has 2 rings (SSSR count). The number of halogens is 3. The third-order valence-electron chi connectivity index (χ3n) is 2.98. The zero-order valence-corrected chi connectivity index (χ0v) is 10.2. The van der Waals surface area contributed by atoms with E-state index in [1.807, 2.05) is 0 Å². The van der Waals surface area contributed by atoms with Gasteiger partial charge in [-0.3, -0.25) is 4.79 Å². The fourth-order valence-corrected chi connectivity index (χ4v) is 2.12. The molecule has 0 amide bonds. The van der Waals surface area contributed by atoms with Gasteiger partial charge >= 0.3 is 6.36 Å². The predicted octanol–water partition coefficient (Wildman–Crippen LogP) is 2.91. The summed E-state index contributed by atoms with van der Waals surface area (Å²) in [6.07, 6.45) is -2.07. The van der Waals surface area contributed by atoms with E-state index >= 15 is 0 Å². The zero-order valence-electron chi connectivity index (χ0n) is 10.2. The van der Waals surface area contributed by atoms with Crippen LogP contribution in [-0.2, 0) is 0 Å². The normalized spacial score (nSPS) is 20.1. The van der Waals surface area contributed by atoms with Gasteiger partial charge in [-0.2, -0.15) is 0 Å². The molecule has 0 aromatic heterocycles. The highest BCUT2D eigenvalue weighted by molar-refractivity contribution is 6.00. The molecule has 0 saturated carbocycles. The van der Waals surface area contributed by atoms with Crippen LogP contribution in [0.3, 0.4) is 0 Å². The molecule has 104 valence electrons. The number of hydrogen-bond donors (Lipinski definition) is 1. The molecule has 1 aromatic rings. The van der Waals surface area contributed by atoms with E-state index in [0.717, 1.165) is 25.5 Å². The molecule has 1 saturated heterocycles. The first-order chi connectivity index (χ1) is 8.96. The van der Waals surface area contributed by atoms with E-state index in [0.29, 0.717) is 6.42 Å². The summed E-state index contributed by atoms with van der Waals surface area (Å²) in [6.45, 7) is 0.759. The van der Waals surface area contributed by atoms with Gasteiger partial charge in [-0.25, -0.2) is 0 Å². The molecular weight excluding hydrogens is 259 g/mol. The standard InChI is InChI=1S/C13H14F3NO2/c14-13(15,16)19-10-5-3-4-9(8-10)12(18)11-6-1-2-7-17-11/h3-5,8,11,17H,1-2,6-7H2. The number of Topliss-reactive ketones (excluding diaryl/α,β-unsaturated/α-hetero) is 1. The van der Waals surface area contributed by atoms with Gasteiger partial charge in [0, 0.05) is 5.56 Å². The molecule has 0 radical (unpaired) electrons. The number of ketones is 1. The fourth-order valence-electron chi connectivity index (χ4n) is 2.12. The van der Waals surface area contributed by atoms with Crippen LogP contribution in [0.15, 0.2) is 24.3 Å². The van der Waals surface area contributed by atoms with E-state index in [-0.39, 0.29) is 23.1 Å². The molecule has 19 heavy (non-hydrogen) atoms. The first kappa shape index (κ1) is 13.9. The van der Waals surface area contributed by atoms with E-state index in [1.54, 1.807) is 0 Å². The number of ether oxygens (including phenoxy) is 1.